The highest BCUT2D eigenvalue weighted by Crippen LogP contribution is 2.29. The number of anilines is 1. The molecule has 0 aliphatic carbocycles. The molecule has 0 bridgehead atoms. The largest absolute Gasteiger partial charge is 0.378 e. The molecule has 1 aromatic heterocycles. The predicted molar refractivity (Wildman–Crippen MR) is 102 cm³/mol. The molecule has 2 aromatic carbocycles. The van der Waals surface area contributed by atoms with Gasteiger partial charge in [-0.25, -0.2) is 0 Å². The van der Waals surface area contributed by atoms with Crippen molar-refractivity contribution in [3.8, 4) is 28.5 Å². The molecule has 0 spiro atoms. The second-order valence-corrected chi connectivity index (χ2v) is 6.13. The third-order valence-electron chi connectivity index (χ3n) is 3.92. The minimum absolute atomic E-state index is 0.463. The lowest BCUT2D eigenvalue weighted by atomic mass is 9.99. The second kappa shape index (κ2) is 6.69. The highest BCUT2D eigenvalue weighted by Gasteiger charge is 2.10. The van der Waals surface area contributed by atoms with E-state index in [1.54, 1.807) is 0 Å². The fourth-order valence-electron chi connectivity index (χ4n) is 2.61. The molecular formula is C20H17N3S. The third-order valence-corrected chi connectivity index (χ3v) is 4.23. The zero-order valence-corrected chi connectivity index (χ0v) is 14.4. The first-order chi connectivity index (χ1) is 11.6. The number of aromatic nitrogens is 1. The van der Waals surface area contributed by atoms with Crippen LogP contribution in [0.2, 0.25) is 0 Å². The number of rotatable bonds is 3. The molecule has 0 aliphatic rings. The van der Waals surface area contributed by atoms with Gasteiger partial charge in [-0.15, -0.1) is 0 Å². The Morgan fingerprint density at radius 2 is 1.62 bits per heavy atom. The Hall–Kier alpha value is -2.90. The van der Waals surface area contributed by atoms with E-state index < -0.39 is 0 Å². The van der Waals surface area contributed by atoms with Crippen LogP contribution >= 0.6 is 12.2 Å². The summed E-state index contributed by atoms with van der Waals surface area (Å²) in [5.41, 5.74) is 5.40. The van der Waals surface area contributed by atoms with E-state index in [1.807, 2.05) is 79.7 Å². The van der Waals surface area contributed by atoms with Gasteiger partial charge in [0.05, 0.1) is 5.56 Å². The topological polar surface area (TPSA) is 42.8 Å². The highest BCUT2D eigenvalue weighted by molar-refractivity contribution is 7.71. The van der Waals surface area contributed by atoms with Crippen molar-refractivity contribution >= 4 is 17.9 Å². The van der Waals surface area contributed by atoms with Crippen LogP contribution < -0.4 is 4.90 Å². The first kappa shape index (κ1) is 16.0. The molecule has 24 heavy (non-hydrogen) atoms. The Labute approximate surface area is 146 Å². The molecule has 0 atom stereocenters. The van der Waals surface area contributed by atoms with Gasteiger partial charge in [-0.05, 0) is 29.3 Å². The number of pyridine rings is 1. The number of hydrogen-bond acceptors (Lipinski definition) is 3. The van der Waals surface area contributed by atoms with Gasteiger partial charge in [0.2, 0.25) is 0 Å². The summed E-state index contributed by atoms with van der Waals surface area (Å²) in [5, 5.41) is 9.52. The van der Waals surface area contributed by atoms with E-state index in [9.17, 15) is 5.26 Å². The van der Waals surface area contributed by atoms with Gasteiger partial charge in [0, 0.05) is 31.0 Å². The smallest absolute Gasteiger partial charge is 0.122 e. The molecule has 3 rings (SSSR count). The second-order valence-electron chi connectivity index (χ2n) is 5.72. The summed E-state index contributed by atoms with van der Waals surface area (Å²) in [5.74, 6) is 0. The Kier molecular flexibility index (Phi) is 4.45. The van der Waals surface area contributed by atoms with E-state index >= 15 is 0 Å². The number of nitrogens with one attached hydrogen (secondary N) is 1. The van der Waals surface area contributed by atoms with E-state index in [-0.39, 0.29) is 0 Å². The maximum absolute atomic E-state index is 9.52. The first-order valence-corrected chi connectivity index (χ1v) is 8.01. The molecule has 3 aromatic rings. The Bertz CT molecular complexity index is 949. The molecule has 0 unspecified atom stereocenters. The highest BCUT2D eigenvalue weighted by atomic mass is 32.1. The van der Waals surface area contributed by atoms with Gasteiger partial charge in [0.15, 0.2) is 0 Å². The molecule has 0 amide bonds. The fraction of sp³-hybridized carbons (Fsp3) is 0.100. The Balaban J connectivity index is 2.17. The zero-order valence-electron chi connectivity index (χ0n) is 13.6. The van der Waals surface area contributed by atoms with Crippen molar-refractivity contribution in [2.24, 2.45) is 0 Å². The van der Waals surface area contributed by atoms with Crippen molar-refractivity contribution < 1.29 is 0 Å². The molecule has 0 radical (unpaired) electrons. The third kappa shape index (κ3) is 3.08. The monoisotopic (exact) mass is 331 g/mol. The van der Waals surface area contributed by atoms with Crippen LogP contribution in [-0.4, -0.2) is 19.1 Å². The summed E-state index contributed by atoms with van der Waals surface area (Å²) in [7, 11) is 4.00. The lowest BCUT2D eigenvalue weighted by Gasteiger charge is -2.14. The van der Waals surface area contributed by atoms with Gasteiger partial charge in [-0.1, -0.05) is 54.7 Å². The van der Waals surface area contributed by atoms with Crippen molar-refractivity contribution in [1.29, 1.82) is 5.26 Å². The van der Waals surface area contributed by atoms with Crippen molar-refractivity contribution in [3.63, 3.8) is 0 Å². The molecule has 1 heterocycles. The van der Waals surface area contributed by atoms with Gasteiger partial charge >= 0.3 is 0 Å². The maximum atomic E-state index is 9.52. The van der Waals surface area contributed by atoms with Gasteiger partial charge < -0.3 is 9.88 Å². The predicted octanol–water partition coefficient (Wildman–Crippen LogP) is 5.02. The van der Waals surface area contributed by atoms with Crippen LogP contribution in [0.3, 0.4) is 0 Å². The van der Waals surface area contributed by atoms with E-state index in [2.05, 4.69) is 11.1 Å². The van der Waals surface area contributed by atoms with Gasteiger partial charge in [-0.3, -0.25) is 0 Å². The molecule has 0 fully saturated rings. The summed E-state index contributed by atoms with van der Waals surface area (Å²) >= 11 is 5.41. The molecule has 0 aliphatic heterocycles. The van der Waals surface area contributed by atoms with Crippen LogP contribution in [0.15, 0.2) is 60.7 Å². The minimum atomic E-state index is 0.463. The number of nitrogens with zero attached hydrogens (tertiary/aromatic N) is 2. The summed E-state index contributed by atoms with van der Waals surface area (Å²) < 4.78 is 0.463. The molecule has 4 heteroatoms. The van der Waals surface area contributed by atoms with Crippen molar-refractivity contribution in [3.05, 3.63) is 70.9 Å². The molecule has 0 saturated carbocycles. The van der Waals surface area contributed by atoms with Crippen LogP contribution in [0.1, 0.15) is 5.56 Å². The van der Waals surface area contributed by atoms with Crippen LogP contribution in [0.25, 0.3) is 22.4 Å². The Morgan fingerprint density at radius 3 is 2.21 bits per heavy atom. The number of aromatic amines is 1. The van der Waals surface area contributed by atoms with Gasteiger partial charge in [0.25, 0.3) is 0 Å². The van der Waals surface area contributed by atoms with Crippen LogP contribution in [-0.2, 0) is 0 Å². The minimum Gasteiger partial charge on any atom is -0.378 e. The molecule has 0 saturated heterocycles. The SMILES string of the molecule is CN(C)c1ccc(-c2cc(-c3ccccc3)[nH]c(=S)c2C#N)cc1. The molecular weight excluding hydrogens is 314 g/mol. The summed E-state index contributed by atoms with van der Waals surface area (Å²) in [4.78, 5) is 5.21. The van der Waals surface area contributed by atoms with Crippen molar-refractivity contribution in [1.82, 2.24) is 4.98 Å². The molecule has 1 N–H and O–H groups in total. The normalized spacial score (nSPS) is 10.2. The summed E-state index contributed by atoms with van der Waals surface area (Å²) in [6.45, 7) is 0. The first-order valence-electron chi connectivity index (χ1n) is 7.61. The molecule has 3 nitrogen and oxygen atoms in total. The van der Waals surface area contributed by atoms with Gasteiger partial charge in [-0.2, -0.15) is 5.26 Å². The van der Waals surface area contributed by atoms with E-state index in [0.29, 0.717) is 10.2 Å². The van der Waals surface area contributed by atoms with Crippen molar-refractivity contribution in [2.45, 2.75) is 0 Å². The number of hydrogen-bond donors (Lipinski definition) is 1. The van der Waals surface area contributed by atoms with Crippen molar-refractivity contribution in [2.75, 3.05) is 19.0 Å². The zero-order chi connectivity index (χ0) is 17.1. The van der Waals surface area contributed by atoms with Crippen LogP contribution in [0.4, 0.5) is 5.69 Å². The van der Waals surface area contributed by atoms with E-state index in [4.69, 9.17) is 12.2 Å². The fourth-order valence-corrected chi connectivity index (χ4v) is 2.88. The maximum Gasteiger partial charge on any atom is 0.122 e. The average Bonchev–Trinajstić information content (AvgIpc) is 2.62. The van der Waals surface area contributed by atoms with Crippen LogP contribution in [0.5, 0.6) is 0 Å². The van der Waals surface area contributed by atoms with Gasteiger partial charge in [0.1, 0.15) is 10.7 Å². The summed E-state index contributed by atoms with van der Waals surface area (Å²) in [6.07, 6.45) is 0. The lowest BCUT2D eigenvalue weighted by molar-refractivity contribution is 1.13. The Morgan fingerprint density at radius 1 is 0.958 bits per heavy atom. The molecule has 118 valence electrons. The average molecular weight is 331 g/mol. The number of benzene rings is 2. The summed E-state index contributed by atoms with van der Waals surface area (Å²) in [6, 6.07) is 22.3. The lowest BCUT2D eigenvalue weighted by Crippen LogP contribution is -2.07. The standard InChI is InChI=1S/C20H17N3S/c1-23(2)16-10-8-14(9-11-16)17-12-19(15-6-4-3-5-7-15)22-20(24)18(17)13-21/h3-12H,1-2H3,(H,22,24). The number of H-pyrrole nitrogens is 1. The quantitative estimate of drug-likeness (QED) is 0.686. The van der Waals surface area contributed by atoms with E-state index in [0.717, 1.165) is 28.1 Å². The van der Waals surface area contributed by atoms with E-state index in [1.165, 1.54) is 0 Å². The number of nitriles is 1. The van der Waals surface area contributed by atoms with Crippen LogP contribution in [0, 0.1) is 16.0 Å².